The Hall–Kier alpha value is -3.90. The summed E-state index contributed by atoms with van der Waals surface area (Å²) in [7, 11) is 0. The number of thiophene rings is 1. The lowest BCUT2D eigenvalue weighted by Crippen LogP contribution is -2.36. The third-order valence-electron chi connectivity index (χ3n) is 5.02. The summed E-state index contributed by atoms with van der Waals surface area (Å²) >= 11 is 1.33. The van der Waals surface area contributed by atoms with Crippen LogP contribution in [0.1, 0.15) is 21.6 Å². The molecule has 2 amide bonds. The average molecular weight is 448 g/mol. The zero-order valence-corrected chi connectivity index (χ0v) is 18.0. The molecule has 3 heterocycles. The number of nitriles is 1. The van der Waals surface area contributed by atoms with Gasteiger partial charge >= 0.3 is 6.09 Å². The zero-order chi connectivity index (χ0) is 22.3. The Bertz CT molecular complexity index is 1160. The fourth-order valence-electron chi connectivity index (χ4n) is 3.40. The lowest BCUT2D eigenvalue weighted by atomic mass is 10.0. The smallest absolute Gasteiger partial charge is 0.410 e. The number of nitrogens with one attached hydrogen (secondary N) is 1. The van der Waals surface area contributed by atoms with E-state index in [1.54, 1.807) is 29.7 Å². The van der Waals surface area contributed by atoms with E-state index in [1.165, 1.54) is 17.4 Å². The van der Waals surface area contributed by atoms with Crippen LogP contribution in [0.25, 0.3) is 6.08 Å². The number of anilines is 1. The summed E-state index contributed by atoms with van der Waals surface area (Å²) in [6.07, 6.45) is 8.46. The van der Waals surface area contributed by atoms with Crippen molar-refractivity contribution in [2.24, 2.45) is 0 Å². The summed E-state index contributed by atoms with van der Waals surface area (Å²) in [5.41, 5.74) is 2.28. The van der Waals surface area contributed by atoms with Crippen LogP contribution in [0, 0.1) is 11.3 Å². The molecule has 1 aromatic carbocycles. The highest BCUT2D eigenvalue weighted by atomic mass is 32.1. The van der Waals surface area contributed by atoms with Crippen molar-refractivity contribution >= 4 is 34.4 Å². The van der Waals surface area contributed by atoms with E-state index in [1.807, 2.05) is 34.9 Å². The van der Waals surface area contributed by atoms with Crippen molar-refractivity contribution in [3.05, 3.63) is 76.7 Å². The van der Waals surface area contributed by atoms with Crippen LogP contribution in [0.4, 0.5) is 9.80 Å². The molecule has 4 rings (SSSR count). The number of amides is 2. The minimum absolute atomic E-state index is 0.251. The topological polar surface area (TPSA) is 100 Å². The molecule has 0 aliphatic carbocycles. The minimum atomic E-state index is -0.390. The number of carbonyl (C=O) groups is 2. The van der Waals surface area contributed by atoms with Crippen molar-refractivity contribution in [3.63, 3.8) is 0 Å². The number of imidazole rings is 1. The Kier molecular flexibility index (Phi) is 6.63. The molecule has 0 saturated carbocycles. The molecular weight excluding hydrogens is 426 g/mol. The number of fused-ring (bicyclic) bond motifs is 1. The van der Waals surface area contributed by atoms with Crippen molar-refractivity contribution in [1.82, 2.24) is 14.5 Å². The molecule has 0 fully saturated rings. The molecule has 9 heteroatoms. The third kappa shape index (κ3) is 5.04. The van der Waals surface area contributed by atoms with Crippen molar-refractivity contribution in [1.29, 1.82) is 5.26 Å². The van der Waals surface area contributed by atoms with Crippen LogP contribution in [0.5, 0.6) is 0 Å². The quantitative estimate of drug-likeness (QED) is 0.581. The summed E-state index contributed by atoms with van der Waals surface area (Å²) < 4.78 is 7.21. The van der Waals surface area contributed by atoms with Gasteiger partial charge in [0, 0.05) is 29.9 Å². The Morgan fingerprint density at radius 3 is 2.91 bits per heavy atom. The lowest BCUT2D eigenvalue weighted by Gasteiger charge is -2.26. The maximum Gasteiger partial charge on any atom is 0.410 e. The van der Waals surface area contributed by atoms with E-state index < -0.39 is 0 Å². The maximum atomic E-state index is 12.4. The fourth-order valence-corrected chi connectivity index (χ4v) is 4.62. The van der Waals surface area contributed by atoms with Gasteiger partial charge in [-0.3, -0.25) is 4.79 Å². The van der Waals surface area contributed by atoms with Crippen LogP contribution in [0.3, 0.4) is 0 Å². The highest BCUT2D eigenvalue weighted by molar-refractivity contribution is 7.16. The van der Waals surface area contributed by atoms with Gasteiger partial charge in [0.15, 0.2) is 0 Å². The first kappa shape index (κ1) is 21.3. The van der Waals surface area contributed by atoms with Crippen LogP contribution in [0.2, 0.25) is 0 Å². The molecule has 0 atom stereocenters. The van der Waals surface area contributed by atoms with Crippen LogP contribution in [-0.4, -0.2) is 39.6 Å². The van der Waals surface area contributed by atoms with E-state index in [2.05, 4.69) is 16.4 Å². The Morgan fingerprint density at radius 2 is 2.16 bits per heavy atom. The number of nitrogens with zero attached hydrogens (tertiary/aromatic N) is 4. The molecular formula is C23H21N5O3S. The Labute approximate surface area is 189 Å². The van der Waals surface area contributed by atoms with Crippen molar-refractivity contribution in [2.75, 3.05) is 18.5 Å². The van der Waals surface area contributed by atoms with Gasteiger partial charge in [0.25, 0.3) is 0 Å². The van der Waals surface area contributed by atoms with E-state index in [4.69, 9.17) is 4.74 Å². The number of ether oxygens (including phenoxy) is 1. The number of benzene rings is 1. The Balaban J connectivity index is 1.37. The minimum Gasteiger partial charge on any atom is -0.448 e. The number of carbonyl (C=O) groups excluding carboxylic acids is 2. The van der Waals surface area contributed by atoms with Gasteiger partial charge in [0.05, 0.1) is 25.0 Å². The molecule has 1 N–H and O–H groups in total. The van der Waals surface area contributed by atoms with Gasteiger partial charge in [-0.15, -0.1) is 11.3 Å². The number of aromatic nitrogens is 2. The van der Waals surface area contributed by atoms with Gasteiger partial charge in [-0.2, -0.15) is 5.26 Å². The number of hydrogen-bond acceptors (Lipinski definition) is 6. The predicted molar refractivity (Wildman–Crippen MR) is 121 cm³/mol. The first-order chi connectivity index (χ1) is 15.6. The molecule has 162 valence electrons. The first-order valence-corrected chi connectivity index (χ1v) is 10.9. The lowest BCUT2D eigenvalue weighted by molar-refractivity contribution is -0.111. The van der Waals surface area contributed by atoms with Crippen molar-refractivity contribution in [3.8, 4) is 6.07 Å². The summed E-state index contributed by atoms with van der Waals surface area (Å²) in [5, 5.41) is 13.0. The number of rotatable bonds is 6. The summed E-state index contributed by atoms with van der Waals surface area (Å²) in [4.78, 5) is 31.3. The van der Waals surface area contributed by atoms with Crippen molar-refractivity contribution < 1.29 is 14.3 Å². The maximum absolute atomic E-state index is 12.4. The van der Waals surface area contributed by atoms with Crippen LogP contribution < -0.4 is 5.32 Å². The first-order valence-electron chi connectivity index (χ1n) is 10.1. The summed E-state index contributed by atoms with van der Waals surface area (Å²) in [6.45, 7) is 1.61. The summed E-state index contributed by atoms with van der Waals surface area (Å²) in [5.74, 6) is -0.306. The molecule has 3 aromatic rings. The van der Waals surface area contributed by atoms with Crippen LogP contribution >= 0.6 is 11.3 Å². The normalized spacial score (nSPS) is 12.9. The highest BCUT2D eigenvalue weighted by Crippen LogP contribution is 2.36. The molecule has 0 saturated heterocycles. The monoisotopic (exact) mass is 447 g/mol. The average Bonchev–Trinajstić information content (AvgIpc) is 3.45. The molecule has 1 aliphatic rings. The molecule has 2 aromatic heterocycles. The van der Waals surface area contributed by atoms with Gasteiger partial charge < -0.3 is 19.5 Å². The van der Waals surface area contributed by atoms with E-state index in [-0.39, 0.29) is 18.6 Å². The van der Waals surface area contributed by atoms with Gasteiger partial charge in [-0.25, -0.2) is 9.78 Å². The molecule has 0 spiro atoms. The third-order valence-corrected chi connectivity index (χ3v) is 6.16. The second-order valence-electron chi connectivity index (χ2n) is 7.14. The van der Waals surface area contributed by atoms with Gasteiger partial charge in [0.1, 0.15) is 17.7 Å². The predicted octanol–water partition coefficient (Wildman–Crippen LogP) is 3.66. The van der Waals surface area contributed by atoms with Gasteiger partial charge in [0.2, 0.25) is 5.91 Å². The van der Waals surface area contributed by atoms with E-state index in [0.29, 0.717) is 36.6 Å². The van der Waals surface area contributed by atoms with E-state index in [9.17, 15) is 14.9 Å². The van der Waals surface area contributed by atoms with Gasteiger partial charge in [-0.05, 0) is 23.6 Å². The number of hydrogen-bond donors (Lipinski definition) is 1. The molecule has 0 radical (unpaired) electrons. The molecule has 8 nitrogen and oxygen atoms in total. The SMILES string of the molecule is N#Cc1c(NC(=O)/C=C/c2ccccc2)sc2c1CCN(C(=O)OCCn1ccnc1)C2. The largest absolute Gasteiger partial charge is 0.448 e. The highest BCUT2D eigenvalue weighted by Gasteiger charge is 2.28. The fraction of sp³-hybridized carbons (Fsp3) is 0.217. The summed E-state index contributed by atoms with van der Waals surface area (Å²) in [6, 6.07) is 11.7. The van der Waals surface area contributed by atoms with E-state index >= 15 is 0 Å². The zero-order valence-electron chi connectivity index (χ0n) is 17.2. The van der Waals surface area contributed by atoms with Crippen LogP contribution in [-0.2, 0) is 29.0 Å². The molecule has 1 aliphatic heterocycles. The van der Waals surface area contributed by atoms with E-state index in [0.717, 1.165) is 16.0 Å². The second-order valence-corrected chi connectivity index (χ2v) is 8.24. The van der Waals surface area contributed by atoms with Crippen LogP contribution in [0.15, 0.2) is 55.1 Å². The molecule has 32 heavy (non-hydrogen) atoms. The Morgan fingerprint density at radius 1 is 1.31 bits per heavy atom. The van der Waals surface area contributed by atoms with Crippen molar-refractivity contribution in [2.45, 2.75) is 19.5 Å². The standard InChI is InChI=1S/C23H21N5O3S/c24-14-19-18-8-10-28(23(30)31-13-12-27-11-9-25-16-27)15-20(18)32-22(19)26-21(29)7-6-17-4-2-1-3-5-17/h1-7,9,11,16H,8,10,12-13,15H2,(H,26,29)/b7-6+. The molecule has 0 unspecified atom stereocenters. The van der Waals surface area contributed by atoms with Gasteiger partial charge in [-0.1, -0.05) is 30.3 Å². The molecule has 0 bridgehead atoms. The second kappa shape index (κ2) is 9.94.